The molecule has 5 heteroatoms. The topological polar surface area (TPSA) is 42.7 Å². The fraction of sp³-hybridized carbons (Fsp3) is 0.333. The lowest BCUT2D eigenvalue weighted by Crippen LogP contribution is -2.10. The highest BCUT2D eigenvalue weighted by Gasteiger charge is 2.15. The van der Waals surface area contributed by atoms with Crippen LogP contribution in [0.25, 0.3) is 11.0 Å². The van der Waals surface area contributed by atoms with Crippen LogP contribution in [0.1, 0.15) is 28.5 Å². The Labute approximate surface area is 122 Å². The standard InChI is InChI=1S/C15H18N4S/c1-9-14(20-11(3)16-9)10(2)17-15-18-12-7-5-6-8-13(12)19(15)4/h5-8,10H,1-4H3,(H,17,18). The summed E-state index contributed by atoms with van der Waals surface area (Å²) in [6.45, 7) is 6.26. The predicted molar refractivity (Wildman–Crippen MR) is 84.3 cm³/mol. The average Bonchev–Trinajstić information content (AvgIpc) is 2.91. The smallest absolute Gasteiger partial charge is 0.204 e. The number of anilines is 1. The van der Waals surface area contributed by atoms with Gasteiger partial charge in [0.15, 0.2) is 0 Å². The van der Waals surface area contributed by atoms with Crippen LogP contribution in [0.4, 0.5) is 5.95 Å². The fourth-order valence-electron chi connectivity index (χ4n) is 2.48. The van der Waals surface area contributed by atoms with Crippen molar-refractivity contribution in [1.82, 2.24) is 14.5 Å². The molecule has 0 saturated carbocycles. The number of fused-ring (bicyclic) bond motifs is 1. The molecule has 1 atom stereocenters. The molecule has 2 aromatic heterocycles. The second-order valence-electron chi connectivity index (χ2n) is 5.03. The molecule has 3 aromatic rings. The number of thiazole rings is 1. The lowest BCUT2D eigenvalue weighted by atomic mass is 10.2. The van der Waals surface area contributed by atoms with Crippen molar-refractivity contribution in [3.63, 3.8) is 0 Å². The van der Waals surface area contributed by atoms with Gasteiger partial charge in [-0.2, -0.15) is 0 Å². The van der Waals surface area contributed by atoms with Crippen molar-refractivity contribution in [2.45, 2.75) is 26.8 Å². The fourth-order valence-corrected chi connectivity index (χ4v) is 3.41. The van der Waals surface area contributed by atoms with Gasteiger partial charge in [-0.05, 0) is 32.9 Å². The van der Waals surface area contributed by atoms with Crippen LogP contribution in [-0.2, 0) is 7.05 Å². The quantitative estimate of drug-likeness (QED) is 0.796. The SMILES string of the molecule is Cc1nc(C)c(C(C)Nc2nc3ccccc3n2C)s1. The van der Waals surface area contributed by atoms with Gasteiger partial charge in [-0.1, -0.05) is 12.1 Å². The highest BCUT2D eigenvalue weighted by molar-refractivity contribution is 7.11. The highest BCUT2D eigenvalue weighted by Crippen LogP contribution is 2.28. The Balaban J connectivity index is 1.93. The van der Waals surface area contributed by atoms with Crippen LogP contribution >= 0.6 is 11.3 Å². The van der Waals surface area contributed by atoms with E-state index in [1.54, 1.807) is 11.3 Å². The number of imidazole rings is 1. The highest BCUT2D eigenvalue weighted by atomic mass is 32.1. The third kappa shape index (κ3) is 2.18. The van der Waals surface area contributed by atoms with Gasteiger partial charge in [-0.25, -0.2) is 9.97 Å². The second-order valence-corrected chi connectivity index (χ2v) is 6.27. The molecule has 1 N–H and O–H groups in total. The number of hydrogen-bond acceptors (Lipinski definition) is 4. The van der Waals surface area contributed by atoms with Gasteiger partial charge in [0.1, 0.15) is 0 Å². The first-order valence-corrected chi connectivity index (χ1v) is 7.50. The van der Waals surface area contributed by atoms with E-state index in [2.05, 4.69) is 39.8 Å². The van der Waals surface area contributed by atoms with Crippen LogP contribution < -0.4 is 5.32 Å². The molecule has 0 amide bonds. The van der Waals surface area contributed by atoms with Crippen molar-refractivity contribution >= 4 is 28.3 Å². The van der Waals surface area contributed by atoms with Crippen molar-refractivity contribution in [2.24, 2.45) is 7.05 Å². The number of nitrogens with one attached hydrogen (secondary N) is 1. The predicted octanol–water partition coefficient (Wildman–Crippen LogP) is 3.82. The van der Waals surface area contributed by atoms with E-state index < -0.39 is 0 Å². The first kappa shape index (κ1) is 13.1. The van der Waals surface area contributed by atoms with Crippen LogP contribution in [0.15, 0.2) is 24.3 Å². The Morgan fingerprint density at radius 1 is 1.20 bits per heavy atom. The molecule has 1 unspecified atom stereocenters. The maximum atomic E-state index is 4.65. The lowest BCUT2D eigenvalue weighted by Gasteiger charge is -2.13. The Kier molecular flexibility index (Phi) is 3.22. The number of hydrogen-bond donors (Lipinski definition) is 1. The summed E-state index contributed by atoms with van der Waals surface area (Å²) in [5.74, 6) is 0.893. The van der Waals surface area contributed by atoms with Crippen molar-refractivity contribution in [3.05, 3.63) is 39.8 Å². The van der Waals surface area contributed by atoms with Crippen molar-refractivity contribution < 1.29 is 0 Å². The molecule has 104 valence electrons. The summed E-state index contributed by atoms with van der Waals surface area (Å²) in [6.07, 6.45) is 0. The molecule has 0 radical (unpaired) electrons. The molecule has 20 heavy (non-hydrogen) atoms. The zero-order chi connectivity index (χ0) is 14.3. The third-order valence-corrected chi connectivity index (χ3v) is 4.72. The van der Waals surface area contributed by atoms with Gasteiger partial charge in [-0.15, -0.1) is 11.3 Å². The first-order valence-electron chi connectivity index (χ1n) is 6.68. The molecule has 0 bridgehead atoms. The van der Waals surface area contributed by atoms with E-state index in [0.717, 1.165) is 27.7 Å². The number of rotatable bonds is 3. The number of nitrogens with zero attached hydrogens (tertiary/aromatic N) is 3. The molecule has 0 spiro atoms. The number of para-hydroxylation sites is 2. The van der Waals surface area contributed by atoms with E-state index in [4.69, 9.17) is 0 Å². The molecule has 2 heterocycles. The summed E-state index contributed by atoms with van der Waals surface area (Å²) < 4.78 is 2.09. The van der Waals surface area contributed by atoms with E-state index in [9.17, 15) is 0 Å². The second kappa shape index (κ2) is 4.90. The minimum absolute atomic E-state index is 0.205. The van der Waals surface area contributed by atoms with Gasteiger partial charge in [0, 0.05) is 11.9 Å². The van der Waals surface area contributed by atoms with E-state index in [1.165, 1.54) is 4.88 Å². The summed E-state index contributed by atoms with van der Waals surface area (Å²) in [6, 6.07) is 8.37. The molecule has 3 rings (SSSR count). The Morgan fingerprint density at radius 2 is 1.95 bits per heavy atom. The molecule has 0 fully saturated rings. The van der Waals surface area contributed by atoms with Crippen LogP contribution in [0, 0.1) is 13.8 Å². The summed E-state index contributed by atoms with van der Waals surface area (Å²) in [7, 11) is 2.04. The maximum absolute atomic E-state index is 4.65. The molecule has 0 aliphatic carbocycles. The molecule has 4 nitrogen and oxygen atoms in total. The molecular formula is C15H18N4S. The molecular weight excluding hydrogens is 268 g/mol. The van der Waals surface area contributed by atoms with Gasteiger partial charge in [0.25, 0.3) is 0 Å². The minimum atomic E-state index is 0.205. The normalized spacial score (nSPS) is 12.8. The van der Waals surface area contributed by atoms with Crippen molar-refractivity contribution in [3.8, 4) is 0 Å². The lowest BCUT2D eigenvalue weighted by molar-refractivity contribution is 0.837. The number of aryl methyl sites for hydroxylation is 3. The number of aromatic nitrogens is 3. The maximum Gasteiger partial charge on any atom is 0.204 e. The van der Waals surface area contributed by atoms with Crippen LogP contribution in [0.2, 0.25) is 0 Å². The van der Waals surface area contributed by atoms with E-state index >= 15 is 0 Å². The van der Waals surface area contributed by atoms with Crippen LogP contribution in [-0.4, -0.2) is 14.5 Å². The Morgan fingerprint density at radius 3 is 2.60 bits per heavy atom. The zero-order valence-electron chi connectivity index (χ0n) is 12.1. The van der Waals surface area contributed by atoms with E-state index in [1.807, 2.05) is 32.2 Å². The van der Waals surface area contributed by atoms with Gasteiger partial charge in [0.2, 0.25) is 5.95 Å². The molecule has 1 aromatic carbocycles. The van der Waals surface area contributed by atoms with E-state index in [-0.39, 0.29) is 6.04 Å². The Hall–Kier alpha value is -1.88. The summed E-state index contributed by atoms with van der Waals surface area (Å²) in [4.78, 5) is 10.4. The largest absolute Gasteiger partial charge is 0.348 e. The summed E-state index contributed by atoms with van der Waals surface area (Å²) >= 11 is 1.74. The third-order valence-electron chi connectivity index (χ3n) is 3.47. The summed E-state index contributed by atoms with van der Waals surface area (Å²) in [5, 5.41) is 4.60. The van der Waals surface area contributed by atoms with Crippen LogP contribution in [0.5, 0.6) is 0 Å². The van der Waals surface area contributed by atoms with Crippen molar-refractivity contribution in [1.29, 1.82) is 0 Å². The van der Waals surface area contributed by atoms with Gasteiger partial charge in [0.05, 0.1) is 27.8 Å². The first-order chi connectivity index (χ1) is 9.56. The molecule has 0 aliphatic heterocycles. The average molecular weight is 286 g/mol. The minimum Gasteiger partial charge on any atom is -0.348 e. The van der Waals surface area contributed by atoms with E-state index in [0.29, 0.717) is 0 Å². The molecule has 0 aliphatic rings. The molecule has 0 saturated heterocycles. The number of benzene rings is 1. The monoisotopic (exact) mass is 286 g/mol. The van der Waals surface area contributed by atoms with Crippen molar-refractivity contribution in [2.75, 3.05) is 5.32 Å². The van der Waals surface area contributed by atoms with Gasteiger partial charge >= 0.3 is 0 Å². The van der Waals surface area contributed by atoms with Gasteiger partial charge < -0.3 is 9.88 Å². The van der Waals surface area contributed by atoms with Crippen LogP contribution in [0.3, 0.4) is 0 Å². The Bertz CT molecular complexity index is 756. The van der Waals surface area contributed by atoms with Gasteiger partial charge in [-0.3, -0.25) is 0 Å². The summed E-state index contributed by atoms with van der Waals surface area (Å²) in [5.41, 5.74) is 3.26. The zero-order valence-corrected chi connectivity index (χ0v) is 13.0.